The highest BCUT2D eigenvalue weighted by molar-refractivity contribution is 6.04. The number of carboxylic acids is 1. The van der Waals surface area contributed by atoms with Crippen LogP contribution >= 0.6 is 0 Å². The van der Waals surface area contributed by atoms with E-state index < -0.39 is 17.7 Å². The number of hydrogen-bond donors (Lipinski definition) is 1. The Bertz CT molecular complexity index is 432. The van der Waals surface area contributed by atoms with Crippen LogP contribution in [-0.2, 0) is 9.59 Å². The molecular weight excluding hydrogens is 216 g/mol. The molecule has 0 radical (unpaired) electrons. The number of ketones is 1. The predicted octanol–water partition coefficient (Wildman–Crippen LogP) is 2.55. The van der Waals surface area contributed by atoms with Crippen molar-refractivity contribution in [2.75, 3.05) is 0 Å². The normalized spacial score (nSPS) is 12.2. The van der Waals surface area contributed by atoms with Gasteiger partial charge in [0.1, 0.15) is 5.92 Å². The van der Waals surface area contributed by atoms with E-state index in [2.05, 4.69) is 6.58 Å². The monoisotopic (exact) mass is 230 g/mol. The number of aliphatic carboxylic acids is 1. The molecule has 0 saturated carbocycles. The van der Waals surface area contributed by atoms with Gasteiger partial charge in [0.2, 0.25) is 0 Å². The summed E-state index contributed by atoms with van der Waals surface area (Å²) >= 11 is 0. The third-order valence-corrected chi connectivity index (χ3v) is 2.32. The van der Waals surface area contributed by atoms with E-state index >= 15 is 0 Å². The molecule has 1 aromatic rings. The van der Waals surface area contributed by atoms with Gasteiger partial charge < -0.3 is 5.11 Å². The number of hydrogen-bond acceptors (Lipinski definition) is 2. The fraction of sp³-hybridized carbons (Fsp3) is 0.143. The van der Waals surface area contributed by atoms with Gasteiger partial charge in [-0.3, -0.25) is 9.59 Å². The minimum atomic E-state index is -1.12. The molecule has 0 aliphatic rings. The maximum Gasteiger partial charge on any atom is 0.314 e. The Morgan fingerprint density at radius 2 is 1.94 bits per heavy atom. The SMILES string of the molecule is C=CC(=O)C(CC=Cc1ccccc1)C(=O)O. The number of carbonyl (C=O) groups excluding carboxylic acids is 1. The van der Waals surface area contributed by atoms with Gasteiger partial charge in [-0.15, -0.1) is 0 Å². The highest BCUT2D eigenvalue weighted by Gasteiger charge is 2.21. The van der Waals surface area contributed by atoms with Crippen LogP contribution in [-0.4, -0.2) is 16.9 Å². The van der Waals surface area contributed by atoms with Crippen molar-refractivity contribution >= 4 is 17.8 Å². The molecule has 1 rings (SSSR count). The highest BCUT2D eigenvalue weighted by atomic mass is 16.4. The second kappa shape index (κ2) is 6.43. The predicted molar refractivity (Wildman–Crippen MR) is 66.4 cm³/mol. The zero-order valence-electron chi connectivity index (χ0n) is 9.37. The zero-order valence-corrected chi connectivity index (χ0v) is 9.37. The maximum atomic E-state index is 11.3. The van der Waals surface area contributed by atoms with Gasteiger partial charge in [0.15, 0.2) is 5.78 Å². The molecule has 0 bridgehead atoms. The standard InChI is InChI=1S/C14H14O3/c1-2-13(15)12(14(16)17)10-6-9-11-7-4-3-5-8-11/h2-9,12H,1,10H2,(H,16,17). The summed E-state index contributed by atoms with van der Waals surface area (Å²) in [7, 11) is 0. The van der Waals surface area contributed by atoms with Crippen LogP contribution in [0.4, 0.5) is 0 Å². The van der Waals surface area contributed by atoms with E-state index in [4.69, 9.17) is 5.11 Å². The van der Waals surface area contributed by atoms with E-state index in [-0.39, 0.29) is 6.42 Å². The number of carboxylic acid groups (broad SMARTS) is 1. The lowest BCUT2D eigenvalue weighted by Gasteiger charge is -2.04. The van der Waals surface area contributed by atoms with Crippen LogP contribution in [0.1, 0.15) is 12.0 Å². The molecule has 0 aliphatic carbocycles. The summed E-state index contributed by atoms with van der Waals surface area (Å²) in [5.74, 6) is -2.62. The van der Waals surface area contributed by atoms with Crippen LogP contribution in [0.5, 0.6) is 0 Å². The van der Waals surface area contributed by atoms with Crippen molar-refractivity contribution in [1.29, 1.82) is 0 Å². The summed E-state index contributed by atoms with van der Waals surface area (Å²) in [5, 5.41) is 8.87. The molecule has 0 amide bonds. The van der Waals surface area contributed by atoms with E-state index in [9.17, 15) is 9.59 Å². The molecule has 0 aliphatic heterocycles. The van der Waals surface area contributed by atoms with Crippen LogP contribution in [0.2, 0.25) is 0 Å². The van der Waals surface area contributed by atoms with Crippen molar-refractivity contribution in [3.63, 3.8) is 0 Å². The molecule has 3 heteroatoms. The third-order valence-electron chi connectivity index (χ3n) is 2.32. The zero-order chi connectivity index (χ0) is 12.7. The van der Waals surface area contributed by atoms with Gasteiger partial charge in [-0.05, 0) is 18.1 Å². The van der Waals surface area contributed by atoms with Crippen LogP contribution in [0.3, 0.4) is 0 Å². The first-order valence-corrected chi connectivity index (χ1v) is 5.26. The van der Waals surface area contributed by atoms with Crippen molar-refractivity contribution in [2.45, 2.75) is 6.42 Å². The van der Waals surface area contributed by atoms with Gasteiger partial charge >= 0.3 is 5.97 Å². The Morgan fingerprint density at radius 1 is 1.29 bits per heavy atom. The van der Waals surface area contributed by atoms with Crippen LogP contribution in [0, 0.1) is 5.92 Å². The van der Waals surface area contributed by atoms with Gasteiger partial charge in [-0.25, -0.2) is 0 Å². The second-order valence-electron chi connectivity index (χ2n) is 3.55. The van der Waals surface area contributed by atoms with Crippen molar-refractivity contribution in [2.24, 2.45) is 5.92 Å². The lowest BCUT2D eigenvalue weighted by atomic mass is 9.99. The minimum absolute atomic E-state index is 0.176. The first-order valence-electron chi connectivity index (χ1n) is 5.26. The fourth-order valence-corrected chi connectivity index (χ4v) is 1.39. The van der Waals surface area contributed by atoms with Gasteiger partial charge in [0, 0.05) is 0 Å². The lowest BCUT2D eigenvalue weighted by molar-refractivity contribution is -0.144. The molecule has 0 saturated heterocycles. The molecular formula is C14H14O3. The van der Waals surface area contributed by atoms with Crippen LogP contribution < -0.4 is 0 Å². The number of allylic oxidation sites excluding steroid dienone is 2. The average molecular weight is 230 g/mol. The molecule has 1 N–H and O–H groups in total. The van der Waals surface area contributed by atoms with Crippen molar-refractivity contribution in [3.05, 3.63) is 54.6 Å². The molecule has 0 spiro atoms. The second-order valence-corrected chi connectivity index (χ2v) is 3.55. The molecule has 88 valence electrons. The van der Waals surface area contributed by atoms with Crippen molar-refractivity contribution in [1.82, 2.24) is 0 Å². The van der Waals surface area contributed by atoms with E-state index in [1.54, 1.807) is 12.2 Å². The highest BCUT2D eigenvalue weighted by Crippen LogP contribution is 2.09. The van der Waals surface area contributed by atoms with Crippen molar-refractivity contribution in [3.8, 4) is 0 Å². The maximum absolute atomic E-state index is 11.3. The number of rotatable bonds is 6. The first kappa shape index (κ1) is 12.9. The average Bonchev–Trinajstić information content (AvgIpc) is 2.34. The van der Waals surface area contributed by atoms with Crippen LogP contribution in [0.15, 0.2) is 49.1 Å². The Labute approximate surface area is 100 Å². The van der Waals surface area contributed by atoms with Gasteiger partial charge in [0.05, 0.1) is 0 Å². The van der Waals surface area contributed by atoms with E-state index in [0.29, 0.717) is 0 Å². The minimum Gasteiger partial charge on any atom is -0.481 e. The molecule has 0 fully saturated rings. The number of carbonyl (C=O) groups is 2. The summed E-state index contributed by atoms with van der Waals surface area (Å²) in [4.78, 5) is 22.1. The number of benzene rings is 1. The molecule has 1 unspecified atom stereocenters. The first-order chi connectivity index (χ1) is 8.15. The molecule has 17 heavy (non-hydrogen) atoms. The Hall–Kier alpha value is -2.16. The van der Waals surface area contributed by atoms with E-state index in [1.807, 2.05) is 30.3 Å². The largest absolute Gasteiger partial charge is 0.481 e. The Morgan fingerprint density at radius 3 is 2.47 bits per heavy atom. The van der Waals surface area contributed by atoms with Crippen molar-refractivity contribution < 1.29 is 14.7 Å². The third kappa shape index (κ3) is 4.07. The molecule has 0 heterocycles. The molecule has 1 atom stereocenters. The molecule has 0 aromatic heterocycles. The lowest BCUT2D eigenvalue weighted by Crippen LogP contribution is -2.21. The van der Waals surface area contributed by atoms with E-state index in [0.717, 1.165) is 11.6 Å². The van der Waals surface area contributed by atoms with Gasteiger partial charge in [-0.2, -0.15) is 0 Å². The smallest absolute Gasteiger partial charge is 0.314 e. The molecule has 3 nitrogen and oxygen atoms in total. The molecule has 1 aromatic carbocycles. The Balaban J connectivity index is 2.64. The Kier molecular flexibility index (Phi) is 4.88. The summed E-state index contributed by atoms with van der Waals surface area (Å²) in [6.45, 7) is 3.29. The van der Waals surface area contributed by atoms with E-state index in [1.165, 1.54) is 0 Å². The summed E-state index contributed by atoms with van der Waals surface area (Å²) < 4.78 is 0. The van der Waals surface area contributed by atoms with Gasteiger partial charge in [-0.1, -0.05) is 49.1 Å². The fourth-order valence-electron chi connectivity index (χ4n) is 1.39. The van der Waals surface area contributed by atoms with Gasteiger partial charge in [0.25, 0.3) is 0 Å². The summed E-state index contributed by atoms with van der Waals surface area (Å²) in [6, 6.07) is 9.49. The quantitative estimate of drug-likeness (QED) is 0.603. The summed E-state index contributed by atoms with van der Waals surface area (Å²) in [6.07, 6.45) is 4.71. The van der Waals surface area contributed by atoms with Crippen LogP contribution in [0.25, 0.3) is 6.08 Å². The topological polar surface area (TPSA) is 54.4 Å². The summed E-state index contributed by atoms with van der Waals surface area (Å²) in [5.41, 5.74) is 0.975.